The lowest BCUT2D eigenvalue weighted by Crippen LogP contribution is -2.57. The van der Waals surface area contributed by atoms with Crippen molar-refractivity contribution in [1.29, 1.82) is 0 Å². The van der Waals surface area contributed by atoms with E-state index in [0.717, 1.165) is 4.90 Å². The molecule has 2 aliphatic carbocycles. The molecule has 4 aliphatic rings. The quantitative estimate of drug-likeness (QED) is 0.461. The molecule has 4 amide bonds. The molecule has 2 bridgehead atoms. The Balaban J connectivity index is 1.82. The highest BCUT2D eigenvalue weighted by atomic mass is 35.5. The van der Waals surface area contributed by atoms with E-state index in [-0.39, 0.29) is 22.9 Å². The molecule has 2 heterocycles. The maximum atomic E-state index is 13.1. The van der Waals surface area contributed by atoms with E-state index in [1.807, 2.05) is 0 Å². The Morgan fingerprint density at radius 2 is 1.35 bits per heavy atom. The van der Waals surface area contributed by atoms with Crippen LogP contribution in [0.2, 0.25) is 0 Å². The fourth-order valence-corrected chi connectivity index (χ4v) is 7.18. The van der Waals surface area contributed by atoms with Crippen molar-refractivity contribution in [3.63, 3.8) is 0 Å². The van der Waals surface area contributed by atoms with Crippen LogP contribution in [0.3, 0.4) is 0 Å². The fraction of sp³-hybridized carbons (Fsp3) is 0.571. The molecule has 4 rings (SSSR count). The van der Waals surface area contributed by atoms with Gasteiger partial charge in [-0.1, -0.05) is 46.4 Å². The van der Waals surface area contributed by atoms with Crippen LogP contribution < -0.4 is 5.32 Å². The molecule has 0 spiro atoms. The zero-order chi connectivity index (χ0) is 19.4. The van der Waals surface area contributed by atoms with Gasteiger partial charge in [0.2, 0.25) is 23.6 Å². The van der Waals surface area contributed by atoms with Gasteiger partial charge < -0.3 is 0 Å². The van der Waals surface area contributed by atoms with Crippen molar-refractivity contribution in [3.8, 4) is 0 Å². The summed E-state index contributed by atoms with van der Waals surface area (Å²) in [7, 11) is 0. The largest absolute Gasteiger partial charge is 0.295 e. The SMILES string of the molecule is O=C1CC[C@@H](N2C(=O)[C@@H]3[C@@H](C2=O)[C@]2(Cl)C(Cl)=C(Cl)[C@]3(Cl)C2(Cl)Cl)C(=O)N1. The molecule has 0 unspecified atom stereocenters. The Labute approximate surface area is 177 Å². The average molecular weight is 481 g/mol. The van der Waals surface area contributed by atoms with Crippen molar-refractivity contribution in [2.45, 2.75) is 33.0 Å². The van der Waals surface area contributed by atoms with E-state index in [0.29, 0.717) is 0 Å². The maximum absolute atomic E-state index is 13.1. The van der Waals surface area contributed by atoms with E-state index in [4.69, 9.17) is 69.6 Å². The number of hydrogen-bond donors (Lipinski definition) is 1. The van der Waals surface area contributed by atoms with Gasteiger partial charge in [-0.2, -0.15) is 0 Å². The van der Waals surface area contributed by atoms with Crippen LogP contribution in [0.4, 0.5) is 0 Å². The highest BCUT2D eigenvalue weighted by Crippen LogP contribution is 2.77. The highest BCUT2D eigenvalue weighted by Gasteiger charge is 2.87. The number of imide groups is 2. The molecule has 5 atom stereocenters. The second-order valence-electron chi connectivity index (χ2n) is 6.59. The summed E-state index contributed by atoms with van der Waals surface area (Å²) in [5, 5.41) is 1.70. The second-order valence-corrected chi connectivity index (χ2v) is 9.87. The van der Waals surface area contributed by atoms with E-state index >= 15 is 0 Å². The molecule has 12 heteroatoms. The van der Waals surface area contributed by atoms with Gasteiger partial charge in [0.05, 0.1) is 21.9 Å². The Hall–Kier alpha value is -0.240. The molecule has 0 radical (unpaired) electrons. The van der Waals surface area contributed by atoms with Crippen molar-refractivity contribution in [1.82, 2.24) is 10.2 Å². The van der Waals surface area contributed by atoms with E-state index < -0.39 is 55.6 Å². The Morgan fingerprint density at radius 3 is 1.77 bits per heavy atom. The number of alkyl halides is 4. The first kappa shape index (κ1) is 19.1. The summed E-state index contributed by atoms with van der Waals surface area (Å²) in [5.41, 5.74) is 0. The molecule has 2 saturated heterocycles. The number of amides is 4. The second kappa shape index (κ2) is 5.43. The fourth-order valence-electron chi connectivity index (χ4n) is 4.25. The third kappa shape index (κ3) is 1.80. The Morgan fingerprint density at radius 1 is 0.885 bits per heavy atom. The minimum atomic E-state index is -2.02. The van der Waals surface area contributed by atoms with Crippen LogP contribution in [0, 0.1) is 11.8 Å². The molecule has 0 aromatic carbocycles. The first-order valence-electron chi connectivity index (χ1n) is 7.44. The van der Waals surface area contributed by atoms with Gasteiger partial charge >= 0.3 is 0 Å². The van der Waals surface area contributed by atoms with Gasteiger partial charge in [-0.3, -0.25) is 29.4 Å². The zero-order valence-electron chi connectivity index (χ0n) is 12.5. The van der Waals surface area contributed by atoms with Crippen molar-refractivity contribution in [2.24, 2.45) is 11.8 Å². The number of piperidine rings is 1. The molecule has 0 aromatic heterocycles. The number of likely N-dealkylation sites (tertiary alicyclic amines) is 1. The third-order valence-corrected chi connectivity index (χ3v) is 9.72. The molecule has 0 aromatic rings. The summed E-state index contributed by atoms with van der Waals surface area (Å²) in [6, 6.07) is -1.16. The lowest BCUT2D eigenvalue weighted by atomic mass is 9.84. The van der Waals surface area contributed by atoms with Crippen LogP contribution in [0.25, 0.3) is 0 Å². The van der Waals surface area contributed by atoms with Gasteiger partial charge in [-0.15, -0.1) is 23.2 Å². The Bertz CT molecular complexity index is 797. The number of nitrogens with zero attached hydrogens (tertiary/aromatic N) is 1. The number of carbonyl (C=O) groups excluding carboxylic acids is 4. The molecule has 26 heavy (non-hydrogen) atoms. The standard InChI is InChI=1S/C14H8Cl6N2O4/c15-7-8(16)13(18)6-5(12(7,17)14(13,19)20)10(25)22(11(6)26)3-1-2-4(23)21-9(3)24/h3,5-6H,1-2H2,(H,21,23,24)/t3-,5+,6+,12+,13+/m1/s1. The average Bonchev–Trinajstić information content (AvgIpc) is 2.93. The third-order valence-electron chi connectivity index (χ3n) is 5.46. The molecule has 1 saturated carbocycles. The molecule has 3 fully saturated rings. The number of nitrogens with one attached hydrogen (secondary N) is 1. The summed E-state index contributed by atoms with van der Waals surface area (Å²) in [6.07, 6.45) is -0.0243. The number of rotatable bonds is 1. The number of hydrogen-bond acceptors (Lipinski definition) is 4. The zero-order valence-corrected chi connectivity index (χ0v) is 17.0. The van der Waals surface area contributed by atoms with Crippen molar-refractivity contribution < 1.29 is 19.2 Å². The summed E-state index contributed by atoms with van der Waals surface area (Å²) in [5.74, 6) is -5.37. The molecule has 140 valence electrons. The van der Waals surface area contributed by atoms with Crippen molar-refractivity contribution in [2.75, 3.05) is 0 Å². The normalized spacial score (nSPS) is 44.1. The summed E-state index contributed by atoms with van der Waals surface area (Å²) in [4.78, 5) is 46.5. The van der Waals surface area contributed by atoms with Gasteiger partial charge in [0.25, 0.3) is 0 Å². The summed E-state index contributed by atoms with van der Waals surface area (Å²) < 4.78 is -2.02. The van der Waals surface area contributed by atoms with Crippen LogP contribution in [-0.2, 0) is 19.2 Å². The highest BCUT2D eigenvalue weighted by molar-refractivity contribution is 6.66. The van der Waals surface area contributed by atoms with Crippen LogP contribution in [-0.4, -0.2) is 48.7 Å². The summed E-state index contributed by atoms with van der Waals surface area (Å²) in [6.45, 7) is 0. The molecule has 1 N–H and O–H groups in total. The van der Waals surface area contributed by atoms with E-state index in [1.165, 1.54) is 0 Å². The Kier molecular flexibility index (Phi) is 3.98. The van der Waals surface area contributed by atoms with Gasteiger partial charge in [0.1, 0.15) is 15.8 Å². The van der Waals surface area contributed by atoms with Crippen LogP contribution >= 0.6 is 69.6 Å². The van der Waals surface area contributed by atoms with Gasteiger partial charge in [-0.25, -0.2) is 0 Å². The van der Waals surface area contributed by atoms with Gasteiger partial charge in [0, 0.05) is 6.42 Å². The number of halogens is 6. The lowest BCUT2D eigenvalue weighted by Gasteiger charge is -2.36. The van der Waals surface area contributed by atoms with E-state index in [1.54, 1.807) is 0 Å². The number of allylic oxidation sites excluding steroid dienone is 2. The van der Waals surface area contributed by atoms with Gasteiger partial charge in [0.15, 0.2) is 4.33 Å². The smallest absolute Gasteiger partial charge is 0.249 e. The molecule has 2 aliphatic heterocycles. The number of carbonyl (C=O) groups is 4. The first-order valence-corrected chi connectivity index (χ1v) is 9.71. The summed E-state index contributed by atoms with van der Waals surface area (Å²) >= 11 is 38.2. The molecule has 6 nitrogen and oxygen atoms in total. The van der Waals surface area contributed by atoms with Crippen molar-refractivity contribution in [3.05, 3.63) is 10.1 Å². The predicted octanol–water partition coefficient (Wildman–Crippen LogP) is 2.24. The maximum Gasteiger partial charge on any atom is 0.249 e. The minimum Gasteiger partial charge on any atom is -0.295 e. The topological polar surface area (TPSA) is 83.6 Å². The molecular formula is C14H8Cl6N2O4. The minimum absolute atomic E-state index is 0.00601. The van der Waals surface area contributed by atoms with Gasteiger partial charge in [-0.05, 0) is 6.42 Å². The molecular weight excluding hydrogens is 473 g/mol. The number of fused-ring (bicyclic) bond motifs is 5. The van der Waals surface area contributed by atoms with Crippen LogP contribution in [0.15, 0.2) is 10.1 Å². The van der Waals surface area contributed by atoms with Crippen LogP contribution in [0.1, 0.15) is 12.8 Å². The monoisotopic (exact) mass is 478 g/mol. The first-order chi connectivity index (χ1) is 11.9. The van der Waals surface area contributed by atoms with E-state index in [2.05, 4.69) is 5.32 Å². The lowest BCUT2D eigenvalue weighted by molar-refractivity contribution is -0.152. The van der Waals surface area contributed by atoms with Crippen molar-refractivity contribution >= 4 is 93.2 Å². The predicted molar refractivity (Wildman–Crippen MR) is 95.3 cm³/mol. The van der Waals surface area contributed by atoms with E-state index in [9.17, 15) is 19.2 Å². The van der Waals surface area contributed by atoms with Crippen LogP contribution in [0.5, 0.6) is 0 Å².